The summed E-state index contributed by atoms with van der Waals surface area (Å²) in [5, 5.41) is 9.14. The molecule has 0 atom stereocenters. The smallest absolute Gasteiger partial charge is 0.141 e. The summed E-state index contributed by atoms with van der Waals surface area (Å²) < 4.78 is 18.8. The molecule has 0 aliphatic heterocycles. The van der Waals surface area contributed by atoms with E-state index in [0.717, 1.165) is 11.1 Å². The van der Waals surface area contributed by atoms with Gasteiger partial charge in [0.2, 0.25) is 0 Å². The molecule has 0 N–H and O–H groups in total. The van der Waals surface area contributed by atoms with E-state index in [0.29, 0.717) is 11.3 Å². The summed E-state index contributed by atoms with van der Waals surface area (Å²) in [6, 6.07) is 11.8. The third-order valence-corrected chi connectivity index (χ3v) is 3.01. The van der Waals surface area contributed by atoms with Crippen LogP contribution in [-0.2, 0) is 0 Å². The van der Waals surface area contributed by atoms with Crippen molar-refractivity contribution in [1.82, 2.24) is 0 Å². The fraction of sp³-hybridized carbons (Fsp3) is 0.188. The molecule has 20 heavy (non-hydrogen) atoms. The van der Waals surface area contributed by atoms with E-state index in [9.17, 15) is 4.39 Å². The molecular weight excluding hydrogens is 277 g/mol. The van der Waals surface area contributed by atoms with Crippen LogP contribution in [0.5, 0.6) is 5.75 Å². The average Bonchev–Trinajstić information content (AvgIpc) is 2.41. The first-order chi connectivity index (χ1) is 9.51. The summed E-state index contributed by atoms with van der Waals surface area (Å²) in [6.45, 7) is 3.78. The molecule has 0 spiro atoms. The molecule has 2 aromatic rings. The molecule has 0 aromatic heterocycles. The predicted octanol–water partition coefficient (Wildman–Crippen LogP) is 4.80. The summed E-state index contributed by atoms with van der Waals surface area (Å²) in [6.07, 6.45) is -0.0332. The fourth-order valence-corrected chi connectivity index (χ4v) is 2.00. The van der Waals surface area contributed by atoms with Gasteiger partial charge in [-0.25, -0.2) is 4.39 Å². The lowest BCUT2D eigenvalue weighted by Gasteiger charge is -2.13. The zero-order chi connectivity index (χ0) is 14.7. The Morgan fingerprint density at radius 3 is 2.40 bits per heavy atom. The lowest BCUT2D eigenvalue weighted by molar-refractivity contribution is 0.242. The van der Waals surface area contributed by atoms with Gasteiger partial charge in [0.25, 0.3) is 0 Å². The zero-order valence-electron chi connectivity index (χ0n) is 11.2. The molecule has 0 fully saturated rings. The van der Waals surface area contributed by atoms with Crippen LogP contribution < -0.4 is 4.74 Å². The topological polar surface area (TPSA) is 33.0 Å². The van der Waals surface area contributed by atoms with Gasteiger partial charge in [0.1, 0.15) is 17.6 Å². The first kappa shape index (κ1) is 14.4. The van der Waals surface area contributed by atoms with Gasteiger partial charge in [-0.15, -0.1) is 0 Å². The minimum Gasteiger partial charge on any atom is -0.490 e. The molecule has 0 saturated carbocycles. The molecule has 0 heterocycles. The van der Waals surface area contributed by atoms with Crippen molar-refractivity contribution in [3.63, 3.8) is 0 Å². The standard InChI is InChI=1S/C16H13ClFNO/c1-10(2)20-16-8-12(3-4-13(16)9-19)11-5-6-15(18)14(17)7-11/h3-8,10H,1-2H3. The van der Waals surface area contributed by atoms with E-state index >= 15 is 0 Å². The monoisotopic (exact) mass is 289 g/mol. The first-order valence-corrected chi connectivity index (χ1v) is 6.55. The maximum atomic E-state index is 13.2. The Kier molecular flexibility index (Phi) is 4.26. The van der Waals surface area contributed by atoms with Crippen molar-refractivity contribution in [1.29, 1.82) is 5.26 Å². The number of hydrogen-bond donors (Lipinski definition) is 0. The van der Waals surface area contributed by atoms with Gasteiger partial charge in [-0.3, -0.25) is 0 Å². The Bertz CT molecular complexity index is 677. The highest BCUT2D eigenvalue weighted by atomic mass is 35.5. The molecule has 0 saturated heterocycles. The third kappa shape index (κ3) is 3.09. The number of ether oxygens (including phenoxy) is 1. The second-order valence-electron chi connectivity index (χ2n) is 4.62. The predicted molar refractivity (Wildman–Crippen MR) is 77.3 cm³/mol. The number of nitrogens with zero attached hydrogens (tertiary/aromatic N) is 1. The van der Waals surface area contributed by atoms with E-state index in [2.05, 4.69) is 6.07 Å². The highest BCUT2D eigenvalue weighted by Crippen LogP contribution is 2.30. The number of rotatable bonds is 3. The van der Waals surface area contributed by atoms with Crippen LogP contribution in [0.3, 0.4) is 0 Å². The average molecular weight is 290 g/mol. The van der Waals surface area contributed by atoms with Crippen LogP contribution in [0, 0.1) is 17.1 Å². The molecular formula is C16H13ClFNO. The van der Waals surface area contributed by atoms with Crippen molar-refractivity contribution in [3.8, 4) is 22.9 Å². The summed E-state index contributed by atoms with van der Waals surface area (Å²) in [5.74, 6) is 0.0585. The van der Waals surface area contributed by atoms with Gasteiger partial charge in [-0.1, -0.05) is 23.7 Å². The van der Waals surface area contributed by atoms with Crippen LogP contribution in [0.1, 0.15) is 19.4 Å². The van der Waals surface area contributed by atoms with E-state index in [4.69, 9.17) is 21.6 Å². The normalized spacial score (nSPS) is 10.4. The Balaban J connectivity index is 2.47. The lowest BCUT2D eigenvalue weighted by atomic mass is 10.0. The van der Waals surface area contributed by atoms with E-state index in [1.54, 1.807) is 30.3 Å². The maximum Gasteiger partial charge on any atom is 0.141 e. The Hall–Kier alpha value is -2.05. The zero-order valence-corrected chi connectivity index (χ0v) is 11.9. The van der Waals surface area contributed by atoms with Gasteiger partial charge < -0.3 is 4.74 Å². The summed E-state index contributed by atoms with van der Waals surface area (Å²) in [5.41, 5.74) is 2.06. The van der Waals surface area contributed by atoms with Crippen LogP contribution in [0.15, 0.2) is 36.4 Å². The van der Waals surface area contributed by atoms with E-state index in [1.165, 1.54) is 6.07 Å². The first-order valence-electron chi connectivity index (χ1n) is 6.17. The number of hydrogen-bond acceptors (Lipinski definition) is 2. The third-order valence-electron chi connectivity index (χ3n) is 2.72. The van der Waals surface area contributed by atoms with Gasteiger partial charge in [0.05, 0.1) is 16.7 Å². The van der Waals surface area contributed by atoms with Gasteiger partial charge in [-0.05, 0) is 49.2 Å². The Labute approximate surface area is 122 Å². The maximum absolute atomic E-state index is 13.2. The van der Waals surface area contributed by atoms with Gasteiger partial charge >= 0.3 is 0 Å². The Morgan fingerprint density at radius 2 is 1.80 bits per heavy atom. The molecule has 0 bridgehead atoms. The highest BCUT2D eigenvalue weighted by molar-refractivity contribution is 6.31. The van der Waals surface area contributed by atoms with Crippen LogP contribution in [-0.4, -0.2) is 6.10 Å². The molecule has 2 aromatic carbocycles. The fourth-order valence-electron chi connectivity index (χ4n) is 1.82. The van der Waals surface area contributed by atoms with Crippen molar-refractivity contribution in [2.24, 2.45) is 0 Å². The highest BCUT2D eigenvalue weighted by Gasteiger charge is 2.09. The summed E-state index contributed by atoms with van der Waals surface area (Å²) >= 11 is 5.79. The molecule has 2 rings (SSSR count). The van der Waals surface area contributed by atoms with Gasteiger partial charge in [0, 0.05) is 0 Å². The summed E-state index contributed by atoms with van der Waals surface area (Å²) in [7, 11) is 0. The van der Waals surface area contributed by atoms with Crippen LogP contribution in [0.2, 0.25) is 5.02 Å². The van der Waals surface area contributed by atoms with Crippen LogP contribution in [0.25, 0.3) is 11.1 Å². The van der Waals surface area contributed by atoms with Crippen molar-refractivity contribution >= 4 is 11.6 Å². The molecule has 0 amide bonds. The van der Waals surface area contributed by atoms with Crippen molar-refractivity contribution in [2.75, 3.05) is 0 Å². The SMILES string of the molecule is CC(C)Oc1cc(-c2ccc(F)c(Cl)c2)ccc1C#N. The number of benzene rings is 2. The molecule has 4 heteroatoms. The minimum atomic E-state index is -0.456. The Morgan fingerprint density at radius 1 is 1.15 bits per heavy atom. The molecule has 0 unspecified atom stereocenters. The van der Waals surface area contributed by atoms with Crippen molar-refractivity contribution in [3.05, 3.63) is 52.8 Å². The molecule has 0 radical (unpaired) electrons. The second kappa shape index (κ2) is 5.94. The quantitative estimate of drug-likeness (QED) is 0.812. The molecule has 0 aliphatic rings. The van der Waals surface area contributed by atoms with Crippen LogP contribution in [0.4, 0.5) is 4.39 Å². The van der Waals surface area contributed by atoms with E-state index in [1.807, 2.05) is 13.8 Å². The van der Waals surface area contributed by atoms with E-state index in [-0.39, 0.29) is 11.1 Å². The molecule has 0 aliphatic carbocycles. The minimum absolute atomic E-state index is 0.0332. The van der Waals surface area contributed by atoms with Crippen molar-refractivity contribution in [2.45, 2.75) is 20.0 Å². The molecule has 2 nitrogen and oxygen atoms in total. The molecule has 102 valence electrons. The van der Waals surface area contributed by atoms with Crippen molar-refractivity contribution < 1.29 is 9.13 Å². The van der Waals surface area contributed by atoms with E-state index < -0.39 is 5.82 Å². The second-order valence-corrected chi connectivity index (χ2v) is 5.03. The van der Waals surface area contributed by atoms with Crippen LogP contribution >= 0.6 is 11.6 Å². The number of nitriles is 1. The van der Waals surface area contributed by atoms with Gasteiger partial charge in [-0.2, -0.15) is 5.26 Å². The number of halogens is 2. The summed E-state index contributed by atoms with van der Waals surface area (Å²) in [4.78, 5) is 0. The largest absolute Gasteiger partial charge is 0.490 e. The lowest BCUT2D eigenvalue weighted by Crippen LogP contribution is -2.06. The van der Waals surface area contributed by atoms with Gasteiger partial charge in [0.15, 0.2) is 0 Å².